The number of fused-ring (bicyclic) bond motifs is 4. The van der Waals surface area contributed by atoms with Crippen LogP contribution in [0, 0.1) is 6.92 Å². The molecule has 0 fully saturated rings. The van der Waals surface area contributed by atoms with Gasteiger partial charge in [-0.25, -0.2) is 0 Å². The Kier molecular flexibility index (Phi) is 2.18. The topological polar surface area (TPSA) is 41.7 Å². The van der Waals surface area contributed by atoms with Crippen LogP contribution >= 0.6 is 0 Å². The van der Waals surface area contributed by atoms with E-state index in [1.165, 1.54) is 0 Å². The second-order valence-corrected chi connectivity index (χ2v) is 6.03. The molecular weight excluding hydrogens is 286 g/mol. The Morgan fingerprint density at radius 1 is 0.870 bits per heavy atom. The molecule has 0 aliphatic carbocycles. The standard InChI is InChI=1S/C20H13NO2/c1-11-13-6-4-7-14-17-9-12-5-2-3-8-16(12)21(17)20(23)15(19(13)14)10-18(11)22/h2-10,22H,1H3. The monoisotopic (exact) mass is 299 g/mol. The van der Waals surface area contributed by atoms with Gasteiger partial charge in [-0.3, -0.25) is 9.20 Å². The van der Waals surface area contributed by atoms with Gasteiger partial charge in [-0.15, -0.1) is 0 Å². The van der Waals surface area contributed by atoms with E-state index in [4.69, 9.17) is 0 Å². The van der Waals surface area contributed by atoms with Gasteiger partial charge in [0.05, 0.1) is 16.4 Å². The molecule has 110 valence electrons. The van der Waals surface area contributed by atoms with Crippen molar-refractivity contribution in [2.24, 2.45) is 0 Å². The molecule has 2 heterocycles. The highest BCUT2D eigenvalue weighted by atomic mass is 16.3. The van der Waals surface area contributed by atoms with E-state index in [2.05, 4.69) is 6.07 Å². The first-order valence-corrected chi connectivity index (χ1v) is 7.57. The quantitative estimate of drug-likeness (QED) is 0.465. The number of rotatable bonds is 0. The molecule has 3 aromatic carbocycles. The number of nitrogens with zero attached hydrogens (tertiary/aromatic N) is 1. The molecule has 0 radical (unpaired) electrons. The van der Waals surface area contributed by atoms with Crippen molar-refractivity contribution in [3.8, 4) is 5.75 Å². The van der Waals surface area contributed by atoms with Gasteiger partial charge in [-0.2, -0.15) is 0 Å². The molecule has 5 aromatic rings. The van der Waals surface area contributed by atoms with Crippen LogP contribution in [0.4, 0.5) is 0 Å². The van der Waals surface area contributed by atoms with E-state index < -0.39 is 0 Å². The lowest BCUT2D eigenvalue weighted by molar-refractivity contribution is 0.473. The summed E-state index contributed by atoms with van der Waals surface area (Å²) in [5.41, 5.74) is 2.54. The number of hydrogen-bond donors (Lipinski definition) is 1. The third-order valence-electron chi connectivity index (χ3n) is 4.82. The van der Waals surface area contributed by atoms with Crippen molar-refractivity contribution in [1.82, 2.24) is 4.40 Å². The summed E-state index contributed by atoms with van der Waals surface area (Å²) in [6.07, 6.45) is 0. The van der Waals surface area contributed by atoms with E-state index >= 15 is 0 Å². The summed E-state index contributed by atoms with van der Waals surface area (Å²) in [5.74, 6) is 0.165. The minimum Gasteiger partial charge on any atom is -0.508 e. The normalized spacial score (nSPS) is 12.0. The van der Waals surface area contributed by atoms with Gasteiger partial charge in [0, 0.05) is 16.2 Å². The Morgan fingerprint density at radius 3 is 2.52 bits per heavy atom. The summed E-state index contributed by atoms with van der Waals surface area (Å²) in [6.45, 7) is 1.88. The summed E-state index contributed by atoms with van der Waals surface area (Å²) < 4.78 is 1.75. The van der Waals surface area contributed by atoms with Crippen LogP contribution in [0.25, 0.3) is 38.0 Å². The number of benzene rings is 3. The first-order valence-electron chi connectivity index (χ1n) is 7.57. The fraction of sp³-hybridized carbons (Fsp3) is 0.0500. The largest absolute Gasteiger partial charge is 0.508 e. The van der Waals surface area contributed by atoms with Gasteiger partial charge in [0.1, 0.15) is 5.75 Å². The van der Waals surface area contributed by atoms with Crippen LogP contribution in [0.5, 0.6) is 5.75 Å². The Hall–Kier alpha value is -3.07. The summed E-state index contributed by atoms with van der Waals surface area (Å²) in [7, 11) is 0. The summed E-state index contributed by atoms with van der Waals surface area (Å²) in [4.78, 5) is 13.1. The molecule has 1 N–H and O–H groups in total. The zero-order valence-corrected chi connectivity index (χ0v) is 12.5. The second kappa shape index (κ2) is 4.02. The molecule has 3 nitrogen and oxygen atoms in total. The van der Waals surface area contributed by atoms with E-state index in [-0.39, 0.29) is 11.3 Å². The Balaban J connectivity index is 2.24. The molecule has 0 atom stereocenters. The van der Waals surface area contributed by atoms with Gasteiger partial charge < -0.3 is 5.11 Å². The molecule has 0 aliphatic heterocycles. The lowest BCUT2D eigenvalue weighted by Gasteiger charge is -2.11. The van der Waals surface area contributed by atoms with E-state index in [0.717, 1.165) is 38.1 Å². The number of aromatic nitrogens is 1. The highest BCUT2D eigenvalue weighted by Gasteiger charge is 2.16. The molecule has 23 heavy (non-hydrogen) atoms. The van der Waals surface area contributed by atoms with Gasteiger partial charge in [-0.05, 0) is 36.1 Å². The number of pyridine rings is 1. The van der Waals surface area contributed by atoms with Gasteiger partial charge in [0.25, 0.3) is 5.56 Å². The van der Waals surface area contributed by atoms with E-state index in [9.17, 15) is 9.90 Å². The summed E-state index contributed by atoms with van der Waals surface area (Å²) in [5, 5.41) is 14.7. The van der Waals surface area contributed by atoms with E-state index in [0.29, 0.717) is 5.39 Å². The molecule has 2 aromatic heterocycles. The fourth-order valence-corrected chi connectivity index (χ4v) is 3.68. The van der Waals surface area contributed by atoms with Gasteiger partial charge in [0.2, 0.25) is 0 Å². The Bertz CT molecular complexity index is 1300. The highest BCUT2D eigenvalue weighted by molar-refractivity contribution is 6.18. The van der Waals surface area contributed by atoms with Crippen molar-refractivity contribution in [2.75, 3.05) is 0 Å². The second-order valence-electron chi connectivity index (χ2n) is 6.03. The maximum Gasteiger partial charge on any atom is 0.263 e. The van der Waals surface area contributed by atoms with Crippen molar-refractivity contribution in [2.45, 2.75) is 6.92 Å². The average Bonchev–Trinajstić information content (AvgIpc) is 2.96. The number of hydrogen-bond acceptors (Lipinski definition) is 2. The van der Waals surface area contributed by atoms with Crippen LogP contribution in [0.2, 0.25) is 0 Å². The van der Waals surface area contributed by atoms with Crippen LogP contribution in [-0.4, -0.2) is 9.51 Å². The molecular formula is C20H13NO2. The number of aromatic hydroxyl groups is 1. The average molecular weight is 299 g/mol. The Labute approximate surface area is 131 Å². The zero-order chi connectivity index (χ0) is 15.7. The van der Waals surface area contributed by atoms with Crippen molar-refractivity contribution in [1.29, 1.82) is 0 Å². The predicted molar refractivity (Wildman–Crippen MR) is 93.8 cm³/mol. The predicted octanol–water partition coefficient (Wildman–Crippen LogP) is 4.21. The van der Waals surface area contributed by atoms with Crippen molar-refractivity contribution < 1.29 is 5.11 Å². The number of phenols is 1. The summed E-state index contributed by atoms with van der Waals surface area (Å²) in [6, 6.07) is 17.5. The van der Waals surface area contributed by atoms with Crippen molar-refractivity contribution >= 4 is 38.0 Å². The molecule has 3 heteroatoms. The van der Waals surface area contributed by atoms with Gasteiger partial charge in [0.15, 0.2) is 0 Å². The molecule has 5 rings (SSSR count). The Morgan fingerprint density at radius 2 is 1.65 bits per heavy atom. The van der Waals surface area contributed by atoms with Gasteiger partial charge in [-0.1, -0.05) is 36.4 Å². The molecule has 0 spiro atoms. The van der Waals surface area contributed by atoms with Gasteiger partial charge >= 0.3 is 0 Å². The number of para-hydroxylation sites is 1. The SMILES string of the molecule is Cc1c(O)cc2c(=O)n3c4ccccc4cc3c3cccc1c23. The molecule has 0 bridgehead atoms. The first-order chi connectivity index (χ1) is 11.2. The van der Waals surface area contributed by atoms with Crippen LogP contribution in [0.15, 0.2) is 59.4 Å². The molecule has 0 saturated carbocycles. The zero-order valence-electron chi connectivity index (χ0n) is 12.5. The minimum absolute atomic E-state index is 0.0831. The lowest BCUT2D eigenvalue weighted by atomic mass is 9.97. The number of phenolic OH excluding ortho intramolecular Hbond substituents is 1. The maximum atomic E-state index is 13.1. The van der Waals surface area contributed by atoms with Crippen LogP contribution in [0.3, 0.4) is 0 Å². The fourth-order valence-electron chi connectivity index (χ4n) is 3.68. The van der Waals surface area contributed by atoms with Crippen molar-refractivity contribution in [3.63, 3.8) is 0 Å². The molecule has 0 amide bonds. The molecule has 0 saturated heterocycles. The minimum atomic E-state index is -0.0831. The third-order valence-corrected chi connectivity index (χ3v) is 4.82. The van der Waals surface area contributed by atoms with E-state index in [1.54, 1.807) is 10.5 Å². The molecule has 0 aliphatic rings. The molecule has 0 unspecified atom stereocenters. The van der Waals surface area contributed by atoms with Crippen LogP contribution in [0.1, 0.15) is 5.56 Å². The summed E-state index contributed by atoms with van der Waals surface area (Å²) >= 11 is 0. The van der Waals surface area contributed by atoms with Crippen LogP contribution in [-0.2, 0) is 0 Å². The van der Waals surface area contributed by atoms with Crippen molar-refractivity contribution in [3.05, 3.63) is 70.5 Å². The number of aryl methyl sites for hydroxylation is 1. The van der Waals surface area contributed by atoms with E-state index in [1.807, 2.05) is 49.4 Å². The maximum absolute atomic E-state index is 13.1. The smallest absolute Gasteiger partial charge is 0.263 e. The third kappa shape index (κ3) is 1.41. The highest BCUT2D eigenvalue weighted by Crippen LogP contribution is 2.35. The van der Waals surface area contributed by atoms with Crippen LogP contribution < -0.4 is 5.56 Å². The lowest BCUT2D eigenvalue weighted by Crippen LogP contribution is -2.13. The first kappa shape index (κ1) is 12.5.